The van der Waals surface area contributed by atoms with Crippen LogP contribution in [-0.4, -0.2) is 63.5 Å². The number of methoxy groups -OCH3 is 1. The Hall–Kier alpha value is -3.35. The Kier molecular flexibility index (Phi) is 11.8. The number of benzene rings is 2. The smallest absolute Gasteiger partial charge is 0.414 e. The average molecular weight is 499 g/mol. The Morgan fingerprint density at radius 1 is 1.03 bits per heavy atom. The third kappa shape index (κ3) is 10.1. The van der Waals surface area contributed by atoms with E-state index in [0.29, 0.717) is 31.9 Å². The molecule has 0 unspecified atom stereocenters. The molecule has 11 nitrogen and oxygen atoms in total. The summed E-state index contributed by atoms with van der Waals surface area (Å²) in [5, 5.41) is 23.4. The number of carboxylic acid groups (broad SMARTS) is 2. The normalized spacial score (nSPS) is 11.5. The Morgan fingerprint density at radius 3 is 2.12 bits per heavy atom. The summed E-state index contributed by atoms with van der Waals surface area (Å²) in [6, 6.07) is 12.7. The van der Waals surface area contributed by atoms with Gasteiger partial charge in [-0.3, -0.25) is 0 Å². The molecule has 0 aromatic heterocycles. The lowest BCUT2D eigenvalue weighted by Crippen LogP contribution is -2.32. The van der Waals surface area contributed by atoms with Gasteiger partial charge in [0.15, 0.2) is 11.5 Å². The van der Waals surface area contributed by atoms with Gasteiger partial charge < -0.3 is 29.7 Å². The van der Waals surface area contributed by atoms with Crippen LogP contribution < -0.4 is 24.7 Å². The number of sulfonamides is 1. The number of carboxylic acids is 2. The van der Waals surface area contributed by atoms with Crippen LogP contribution in [0.3, 0.4) is 0 Å². The fourth-order valence-electron chi connectivity index (χ4n) is 2.81. The summed E-state index contributed by atoms with van der Waals surface area (Å²) >= 11 is 0. The number of hydrogen-bond donors (Lipinski definition) is 4. The minimum Gasteiger partial charge on any atom is -0.495 e. The molecule has 0 saturated heterocycles. The molecule has 0 radical (unpaired) electrons. The molecule has 12 heteroatoms. The van der Waals surface area contributed by atoms with Crippen molar-refractivity contribution in [3.05, 3.63) is 48.0 Å². The highest BCUT2D eigenvalue weighted by Gasteiger charge is 2.16. The Balaban J connectivity index is 0.000000852. The molecule has 0 aliphatic carbocycles. The summed E-state index contributed by atoms with van der Waals surface area (Å²) < 4.78 is 39.9. The van der Waals surface area contributed by atoms with Gasteiger partial charge in [-0.25, -0.2) is 23.1 Å². The summed E-state index contributed by atoms with van der Waals surface area (Å²) in [5.41, 5.74) is 0.854. The summed E-state index contributed by atoms with van der Waals surface area (Å²) in [5.74, 6) is -1.96. The lowest BCUT2D eigenvalue weighted by molar-refractivity contribution is -0.159. The van der Waals surface area contributed by atoms with Crippen LogP contribution >= 0.6 is 0 Å². The standard InChI is InChI=1S/C20H28N2O5S.C2H2O4/c1-4-26-17-7-5-6-8-18(17)27-12-11-22-15(2)13-16-9-10-19(25-3)20(14-16)28(21,23)24;3-1(4)2(5)6/h5-10,14-15,22H,4,11-13H2,1-3H3,(H2,21,23,24);(H,3,4)(H,5,6)/t15-;/m1./s1. The van der Waals surface area contributed by atoms with E-state index < -0.39 is 22.0 Å². The molecule has 0 fully saturated rings. The van der Waals surface area contributed by atoms with E-state index >= 15 is 0 Å². The van der Waals surface area contributed by atoms with E-state index in [4.69, 9.17) is 39.2 Å². The maximum absolute atomic E-state index is 11.7. The summed E-state index contributed by atoms with van der Waals surface area (Å²) in [6.07, 6.45) is 0.641. The van der Waals surface area contributed by atoms with E-state index in [1.165, 1.54) is 7.11 Å². The Morgan fingerprint density at radius 2 is 1.62 bits per heavy atom. The lowest BCUT2D eigenvalue weighted by Gasteiger charge is -2.16. The van der Waals surface area contributed by atoms with Crippen molar-refractivity contribution < 1.29 is 42.4 Å². The number of rotatable bonds is 11. The van der Waals surface area contributed by atoms with Crippen LogP contribution in [0.2, 0.25) is 0 Å². The second-order valence-electron chi connectivity index (χ2n) is 6.93. The number of para-hydroxylation sites is 2. The van der Waals surface area contributed by atoms with Gasteiger partial charge >= 0.3 is 11.9 Å². The summed E-state index contributed by atoms with van der Waals surface area (Å²) in [6.45, 7) is 5.66. The van der Waals surface area contributed by atoms with Crippen molar-refractivity contribution in [3.8, 4) is 17.2 Å². The quantitative estimate of drug-likeness (QED) is 0.262. The maximum atomic E-state index is 11.7. The van der Waals surface area contributed by atoms with Gasteiger partial charge in [0.25, 0.3) is 0 Å². The molecule has 34 heavy (non-hydrogen) atoms. The highest BCUT2D eigenvalue weighted by Crippen LogP contribution is 2.26. The fourth-order valence-corrected chi connectivity index (χ4v) is 3.55. The number of primary sulfonamides is 1. The van der Waals surface area contributed by atoms with E-state index in [0.717, 1.165) is 11.3 Å². The first-order chi connectivity index (χ1) is 16.0. The van der Waals surface area contributed by atoms with Crippen molar-refractivity contribution in [1.29, 1.82) is 0 Å². The zero-order valence-electron chi connectivity index (χ0n) is 19.2. The first-order valence-electron chi connectivity index (χ1n) is 10.2. The van der Waals surface area contributed by atoms with E-state index in [1.807, 2.05) is 44.2 Å². The molecule has 5 N–H and O–H groups in total. The molecule has 0 bridgehead atoms. The minimum atomic E-state index is -3.84. The molecule has 0 aliphatic heterocycles. The van der Waals surface area contributed by atoms with Gasteiger partial charge in [-0.15, -0.1) is 0 Å². The minimum absolute atomic E-state index is 0.00411. The molecule has 0 heterocycles. The van der Waals surface area contributed by atoms with Crippen molar-refractivity contribution in [2.24, 2.45) is 5.14 Å². The van der Waals surface area contributed by atoms with Gasteiger partial charge in [0.2, 0.25) is 10.0 Å². The second-order valence-corrected chi connectivity index (χ2v) is 8.46. The SMILES string of the molecule is CCOc1ccccc1OCCN[C@H](C)Cc1ccc(OC)c(S(N)(=O)=O)c1.O=C(O)C(=O)O. The van der Waals surface area contributed by atoms with Gasteiger partial charge in [-0.2, -0.15) is 0 Å². The number of hydrogen-bond acceptors (Lipinski definition) is 8. The van der Waals surface area contributed by atoms with Crippen LogP contribution in [0.4, 0.5) is 0 Å². The highest BCUT2D eigenvalue weighted by molar-refractivity contribution is 7.89. The third-order valence-electron chi connectivity index (χ3n) is 4.26. The monoisotopic (exact) mass is 498 g/mol. The molecule has 1 atom stereocenters. The van der Waals surface area contributed by atoms with Crippen molar-refractivity contribution in [3.63, 3.8) is 0 Å². The first-order valence-corrected chi connectivity index (χ1v) is 11.8. The van der Waals surface area contributed by atoms with Crippen LogP contribution in [0.1, 0.15) is 19.4 Å². The number of aliphatic carboxylic acids is 2. The molecule has 2 aromatic rings. The fraction of sp³-hybridized carbons (Fsp3) is 0.364. The molecule has 2 aromatic carbocycles. The van der Waals surface area contributed by atoms with E-state index in [2.05, 4.69) is 5.32 Å². The molecule has 188 valence electrons. The molecule has 2 rings (SSSR count). The van der Waals surface area contributed by atoms with Crippen molar-refractivity contribution in [1.82, 2.24) is 5.32 Å². The topological polar surface area (TPSA) is 174 Å². The van der Waals surface area contributed by atoms with Crippen LogP contribution in [0.15, 0.2) is 47.4 Å². The average Bonchev–Trinajstić information content (AvgIpc) is 2.77. The lowest BCUT2D eigenvalue weighted by atomic mass is 10.1. The number of carbonyl (C=O) groups is 2. The molecule has 0 aliphatic rings. The molecular formula is C22H30N2O9S. The third-order valence-corrected chi connectivity index (χ3v) is 5.19. The largest absolute Gasteiger partial charge is 0.495 e. The van der Waals surface area contributed by atoms with E-state index in [9.17, 15) is 8.42 Å². The van der Waals surface area contributed by atoms with Crippen LogP contribution in [0, 0.1) is 0 Å². The second kappa shape index (κ2) is 14.0. The van der Waals surface area contributed by atoms with Gasteiger partial charge in [-0.05, 0) is 50.1 Å². The molecule has 0 saturated carbocycles. The number of nitrogens with one attached hydrogen (secondary N) is 1. The number of ether oxygens (including phenoxy) is 3. The van der Waals surface area contributed by atoms with Crippen molar-refractivity contribution >= 4 is 22.0 Å². The predicted octanol–water partition coefficient (Wildman–Crippen LogP) is 1.50. The Bertz CT molecular complexity index is 1050. The van der Waals surface area contributed by atoms with Crippen molar-refractivity contribution in [2.45, 2.75) is 31.2 Å². The number of nitrogens with two attached hydrogens (primary N) is 1. The Labute approximate surface area is 198 Å². The predicted molar refractivity (Wildman–Crippen MR) is 124 cm³/mol. The zero-order chi connectivity index (χ0) is 25.7. The summed E-state index contributed by atoms with van der Waals surface area (Å²) in [4.78, 5) is 18.2. The van der Waals surface area contributed by atoms with Gasteiger partial charge in [0.1, 0.15) is 17.3 Å². The zero-order valence-corrected chi connectivity index (χ0v) is 20.0. The molecular weight excluding hydrogens is 468 g/mol. The van der Waals surface area contributed by atoms with Gasteiger partial charge in [0, 0.05) is 12.6 Å². The van der Waals surface area contributed by atoms with Gasteiger partial charge in [-0.1, -0.05) is 18.2 Å². The maximum Gasteiger partial charge on any atom is 0.414 e. The highest BCUT2D eigenvalue weighted by atomic mass is 32.2. The molecule has 0 amide bonds. The van der Waals surface area contributed by atoms with Crippen LogP contribution in [-0.2, 0) is 26.0 Å². The van der Waals surface area contributed by atoms with Crippen molar-refractivity contribution in [2.75, 3.05) is 26.9 Å². The van der Waals surface area contributed by atoms with E-state index in [-0.39, 0.29) is 16.7 Å². The van der Waals surface area contributed by atoms with E-state index in [1.54, 1.807) is 12.1 Å². The van der Waals surface area contributed by atoms with Gasteiger partial charge in [0.05, 0.1) is 13.7 Å². The van der Waals surface area contributed by atoms with Crippen LogP contribution in [0.5, 0.6) is 17.2 Å². The molecule has 0 spiro atoms. The van der Waals surface area contributed by atoms with Crippen LogP contribution in [0.25, 0.3) is 0 Å². The summed E-state index contributed by atoms with van der Waals surface area (Å²) in [7, 11) is -2.43. The first kappa shape index (κ1) is 28.7.